The van der Waals surface area contributed by atoms with Crippen LogP contribution in [0.2, 0.25) is 0 Å². The van der Waals surface area contributed by atoms with E-state index in [-0.39, 0.29) is 6.61 Å². The molecule has 0 spiro atoms. The molecule has 10 heavy (non-hydrogen) atoms. The molecule has 0 amide bonds. The lowest BCUT2D eigenvalue weighted by Crippen LogP contribution is -1.98. The molecule has 0 aromatic heterocycles. The fourth-order valence-electron chi connectivity index (χ4n) is 0.577. The van der Waals surface area contributed by atoms with Gasteiger partial charge in [0.05, 0.1) is 6.10 Å². The van der Waals surface area contributed by atoms with Gasteiger partial charge in [-0.25, -0.2) is 0 Å². The molecule has 2 nitrogen and oxygen atoms in total. The van der Waals surface area contributed by atoms with Gasteiger partial charge in [0.2, 0.25) is 0 Å². The second-order valence-corrected chi connectivity index (χ2v) is 2.03. The monoisotopic (exact) mass is 142 g/mol. The second kappa shape index (κ2) is 6.52. The summed E-state index contributed by atoms with van der Waals surface area (Å²) in [4.78, 5) is 0. The van der Waals surface area contributed by atoms with E-state index in [2.05, 4.69) is 6.58 Å². The molecule has 0 saturated carbocycles. The summed E-state index contributed by atoms with van der Waals surface area (Å²) in [5.74, 6) is 0. The Bertz CT molecular complexity index is 108. The Morgan fingerprint density at radius 1 is 1.50 bits per heavy atom. The van der Waals surface area contributed by atoms with Crippen LogP contribution in [0.25, 0.3) is 0 Å². The van der Waals surface area contributed by atoms with E-state index in [0.717, 1.165) is 0 Å². The molecule has 2 heteroatoms. The molecular weight excluding hydrogens is 128 g/mol. The zero-order valence-electron chi connectivity index (χ0n) is 6.03. The minimum Gasteiger partial charge on any atom is -0.396 e. The average Bonchev–Trinajstić information content (AvgIpc) is 1.89. The van der Waals surface area contributed by atoms with Crippen molar-refractivity contribution in [1.29, 1.82) is 0 Å². The van der Waals surface area contributed by atoms with Crippen LogP contribution in [0.15, 0.2) is 24.8 Å². The van der Waals surface area contributed by atoms with Crippen molar-refractivity contribution in [3.05, 3.63) is 24.8 Å². The normalized spacial score (nSPS) is 13.8. The molecule has 0 aromatic rings. The topological polar surface area (TPSA) is 40.5 Å². The van der Waals surface area contributed by atoms with Crippen LogP contribution in [-0.4, -0.2) is 22.9 Å². The summed E-state index contributed by atoms with van der Waals surface area (Å²) in [6, 6.07) is 0. The third-order valence-electron chi connectivity index (χ3n) is 1.06. The molecule has 0 aliphatic carbocycles. The Morgan fingerprint density at radius 2 is 2.20 bits per heavy atom. The van der Waals surface area contributed by atoms with E-state index in [1.165, 1.54) is 0 Å². The van der Waals surface area contributed by atoms with Crippen molar-refractivity contribution in [2.45, 2.75) is 18.9 Å². The van der Waals surface area contributed by atoms with Gasteiger partial charge in [-0.2, -0.15) is 0 Å². The van der Waals surface area contributed by atoms with Crippen LogP contribution in [0, 0.1) is 0 Å². The van der Waals surface area contributed by atoms with Crippen molar-refractivity contribution in [2.75, 3.05) is 6.61 Å². The molecule has 0 aliphatic rings. The van der Waals surface area contributed by atoms with Crippen molar-refractivity contribution in [2.24, 2.45) is 0 Å². The van der Waals surface area contributed by atoms with E-state index in [1.54, 1.807) is 18.2 Å². The first-order valence-corrected chi connectivity index (χ1v) is 3.37. The van der Waals surface area contributed by atoms with Crippen molar-refractivity contribution in [3.63, 3.8) is 0 Å². The maximum atomic E-state index is 9.04. The molecule has 0 bridgehead atoms. The van der Waals surface area contributed by atoms with E-state index in [9.17, 15) is 0 Å². The average molecular weight is 142 g/mol. The molecule has 0 fully saturated rings. The summed E-state index contributed by atoms with van der Waals surface area (Å²) in [7, 11) is 0. The molecule has 2 N–H and O–H groups in total. The largest absolute Gasteiger partial charge is 0.396 e. The van der Waals surface area contributed by atoms with Gasteiger partial charge in [-0.3, -0.25) is 0 Å². The standard InChI is InChI=1S/C8H14O2/c1-2-5-8(10)6-3-4-7-9/h2-3,6,8-10H,1,4-5,7H2. The lowest BCUT2D eigenvalue weighted by atomic mass is 10.2. The van der Waals surface area contributed by atoms with Crippen molar-refractivity contribution < 1.29 is 10.2 Å². The second-order valence-electron chi connectivity index (χ2n) is 2.03. The highest BCUT2D eigenvalue weighted by molar-refractivity contribution is 4.91. The first-order valence-electron chi connectivity index (χ1n) is 3.37. The zero-order valence-corrected chi connectivity index (χ0v) is 6.03. The molecular formula is C8H14O2. The van der Waals surface area contributed by atoms with E-state index >= 15 is 0 Å². The number of aliphatic hydroxyl groups is 2. The Kier molecular flexibility index (Phi) is 6.13. The summed E-state index contributed by atoms with van der Waals surface area (Å²) in [6.45, 7) is 3.62. The predicted molar refractivity (Wildman–Crippen MR) is 41.7 cm³/mol. The highest BCUT2D eigenvalue weighted by Gasteiger charge is 1.91. The van der Waals surface area contributed by atoms with Crippen molar-refractivity contribution in [3.8, 4) is 0 Å². The van der Waals surface area contributed by atoms with Crippen LogP contribution in [0.1, 0.15) is 12.8 Å². The van der Waals surface area contributed by atoms with E-state index < -0.39 is 6.10 Å². The van der Waals surface area contributed by atoms with Gasteiger partial charge in [-0.05, 0) is 12.8 Å². The van der Waals surface area contributed by atoms with E-state index in [0.29, 0.717) is 12.8 Å². The number of aliphatic hydroxyl groups excluding tert-OH is 2. The zero-order chi connectivity index (χ0) is 7.82. The molecule has 0 heterocycles. The summed E-state index contributed by atoms with van der Waals surface area (Å²) >= 11 is 0. The van der Waals surface area contributed by atoms with E-state index in [1.807, 2.05) is 0 Å². The molecule has 0 aromatic carbocycles. The van der Waals surface area contributed by atoms with Crippen LogP contribution in [0.3, 0.4) is 0 Å². The Hall–Kier alpha value is -0.600. The molecule has 0 saturated heterocycles. The third-order valence-corrected chi connectivity index (χ3v) is 1.06. The first kappa shape index (κ1) is 9.40. The smallest absolute Gasteiger partial charge is 0.0755 e. The van der Waals surface area contributed by atoms with Crippen LogP contribution >= 0.6 is 0 Å². The van der Waals surface area contributed by atoms with Crippen LogP contribution < -0.4 is 0 Å². The summed E-state index contributed by atoms with van der Waals surface area (Å²) < 4.78 is 0. The SMILES string of the molecule is C=CCC(O)C=CCCO. The van der Waals surface area contributed by atoms with Crippen LogP contribution in [-0.2, 0) is 0 Å². The third kappa shape index (κ3) is 5.54. The lowest BCUT2D eigenvalue weighted by molar-refractivity contribution is 0.226. The number of hydrogen-bond acceptors (Lipinski definition) is 2. The summed E-state index contributed by atoms with van der Waals surface area (Å²) in [5, 5.41) is 17.4. The maximum Gasteiger partial charge on any atom is 0.0755 e. The van der Waals surface area contributed by atoms with Crippen LogP contribution in [0.5, 0.6) is 0 Å². The summed E-state index contributed by atoms with van der Waals surface area (Å²) in [5.41, 5.74) is 0. The first-order chi connectivity index (χ1) is 4.81. The molecule has 0 rings (SSSR count). The fraction of sp³-hybridized carbons (Fsp3) is 0.500. The minimum atomic E-state index is -0.441. The van der Waals surface area contributed by atoms with E-state index in [4.69, 9.17) is 10.2 Å². The quantitative estimate of drug-likeness (QED) is 0.559. The molecule has 58 valence electrons. The molecule has 1 atom stereocenters. The van der Waals surface area contributed by atoms with Gasteiger partial charge in [0, 0.05) is 6.61 Å². The van der Waals surface area contributed by atoms with Gasteiger partial charge in [0.15, 0.2) is 0 Å². The highest BCUT2D eigenvalue weighted by Crippen LogP contribution is 1.94. The van der Waals surface area contributed by atoms with Crippen molar-refractivity contribution in [1.82, 2.24) is 0 Å². The predicted octanol–water partition coefficient (Wildman–Crippen LogP) is 0.862. The Morgan fingerprint density at radius 3 is 2.70 bits per heavy atom. The maximum absolute atomic E-state index is 9.04. The number of hydrogen-bond donors (Lipinski definition) is 2. The fourth-order valence-corrected chi connectivity index (χ4v) is 0.577. The van der Waals surface area contributed by atoms with Gasteiger partial charge < -0.3 is 10.2 Å². The molecule has 0 radical (unpaired) electrons. The summed E-state index contributed by atoms with van der Waals surface area (Å²) in [6.07, 6.45) is 5.82. The van der Waals surface area contributed by atoms with Crippen LogP contribution in [0.4, 0.5) is 0 Å². The van der Waals surface area contributed by atoms with Gasteiger partial charge in [-0.15, -0.1) is 6.58 Å². The van der Waals surface area contributed by atoms with Crippen molar-refractivity contribution >= 4 is 0 Å². The number of rotatable bonds is 5. The van der Waals surface area contributed by atoms with Gasteiger partial charge in [0.1, 0.15) is 0 Å². The molecule has 1 unspecified atom stereocenters. The van der Waals surface area contributed by atoms with Gasteiger partial charge >= 0.3 is 0 Å². The van der Waals surface area contributed by atoms with Gasteiger partial charge in [-0.1, -0.05) is 18.2 Å². The minimum absolute atomic E-state index is 0.136. The highest BCUT2D eigenvalue weighted by atomic mass is 16.3. The molecule has 0 aliphatic heterocycles. The van der Waals surface area contributed by atoms with Gasteiger partial charge in [0.25, 0.3) is 0 Å². The lowest BCUT2D eigenvalue weighted by Gasteiger charge is -1.98. The Labute approximate surface area is 61.5 Å². The Balaban J connectivity index is 3.34.